The molecule has 0 radical (unpaired) electrons. The number of anilines is 1. The van der Waals surface area contributed by atoms with E-state index in [1.807, 2.05) is 47.9 Å². The lowest BCUT2D eigenvalue weighted by atomic mass is 10.1. The summed E-state index contributed by atoms with van der Waals surface area (Å²) >= 11 is 0. The van der Waals surface area contributed by atoms with E-state index in [4.69, 9.17) is 9.47 Å². The molecule has 0 aliphatic heterocycles. The number of aromatic nitrogens is 1. The number of amides is 1. The molecule has 1 heterocycles. The van der Waals surface area contributed by atoms with Crippen molar-refractivity contribution in [2.24, 2.45) is 5.92 Å². The molecule has 7 nitrogen and oxygen atoms in total. The number of benzene rings is 3. The number of rotatable bonds is 7. The Morgan fingerprint density at radius 1 is 0.944 bits per heavy atom. The SMILES string of the molecule is CCOC(=O)c1c(C)n(-c2ccccc2)c2ccc(OC(=O)c3ccccc3NC(=O)C3CC3)cc12. The molecule has 1 saturated carbocycles. The van der Waals surface area contributed by atoms with Gasteiger partial charge in [-0.25, -0.2) is 9.59 Å². The van der Waals surface area contributed by atoms with Gasteiger partial charge in [0.05, 0.1) is 28.9 Å². The minimum atomic E-state index is -0.599. The monoisotopic (exact) mass is 482 g/mol. The lowest BCUT2D eigenvalue weighted by Crippen LogP contribution is -2.18. The number of nitrogens with one attached hydrogen (secondary N) is 1. The van der Waals surface area contributed by atoms with Crippen molar-refractivity contribution in [1.29, 1.82) is 0 Å². The van der Waals surface area contributed by atoms with Gasteiger partial charge in [0, 0.05) is 22.7 Å². The van der Waals surface area contributed by atoms with Gasteiger partial charge in [0.2, 0.25) is 5.91 Å². The van der Waals surface area contributed by atoms with Crippen LogP contribution in [0, 0.1) is 12.8 Å². The van der Waals surface area contributed by atoms with Crippen LogP contribution in [-0.4, -0.2) is 29.0 Å². The highest BCUT2D eigenvalue weighted by atomic mass is 16.5. The van der Waals surface area contributed by atoms with Crippen LogP contribution < -0.4 is 10.1 Å². The van der Waals surface area contributed by atoms with Gasteiger partial charge in [-0.1, -0.05) is 30.3 Å². The molecule has 4 aromatic rings. The maximum atomic E-state index is 13.1. The summed E-state index contributed by atoms with van der Waals surface area (Å²) in [6.07, 6.45) is 1.73. The molecule has 1 N–H and O–H groups in total. The first-order valence-corrected chi connectivity index (χ1v) is 12.0. The smallest absolute Gasteiger partial charge is 0.345 e. The number of ether oxygens (including phenoxy) is 2. The largest absolute Gasteiger partial charge is 0.462 e. The van der Waals surface area contributed by atoms with Crippen LogP contribution in [-0.2, 0) is 9.53 Å². The summed E-state index contributed by atoms with van der Waals surface area (Å²) in [7, 11) is 0. The zero-order valence-electron chi connectivity index (χ0n) is 20.1. The van der Waals surface area contributed by atoms with Gasteiger partial charge < -0.3 is 19.4 Å². The van der Waals surface area contributed by atoms with Crippen molar-refractivity contribution >= 4 is 34.4 Å². The Bertz CT molecular complexity index is 1470. The molecule has 1 aliphatic carbocycles. The molecule has 1 aliphatic rings. The van der Waals surface area contributed by atoms with Gasteiger partial charge in [-0.15, -0.1) is 0 Å². The Morgan fingerprint density at radius 3 is 2.39 bits per heavy atom. The van der Waals surface area contributed by atoms with E-state index in [9.17, 15) is 14.4 Å². The summed E-state index contributed by atoms with van der Waals surface area (Å²) in [5.41, 5.74) is 3.52. The molecular weight excluding hydrogens is 456 g/mol. The van der Waals surface area contributed by atoms with Gasteiger partial charge in [0.1, 0.15) is 5.75 Å². The number of fused-ring (bicyclic) bond motifs is 1. The molecule has 1 amide bonds. The summed E-state index contributed by atoms with van der Waals surface area (Å²) < 4.78 is 13.0. The van der Waals surface area contributed by atoms with Crippen molar-refractivity contribution in [3.05, 3.63) is 89.6 Å². The number of esters is 2. The number of para-hydroxylation sites is 2. The molecular formula is C29H26N2O5. The zero-order chi connectivity index (χ0) is 25.2. The molecule has 0 spiro atoms. The lowest BCUT2D eigenvalue weighted by Gasteiger charge is -2.11. The van der Waals surface area contributed by atoms with Crippen molar-refractivity contribution in [2.45, 2.75) is 26.7 Å². The molecule has 0 atom stereocenters. The summed E-state index contributed by atoms with van der Waals surface area (Å²) in [6.45, 7) is 3.87. The third-order valence-corrected chi connectivity index (χ3v) is 6.23. The van der Waals surface area contributed by atoms with Crippen LogP contribution in [0.5, 0.6) is 5.75 Å². The maximum absolute atomic E-state index is 13.1. The fraction of sp³-hybridized carbons (Fsp3) is 0.207. The van der Waals surface area contributed by atoms with Crippen molar-refractivity contribution < 1.29 is 23.9 Å². The van der Waals surface area contributed by atoms with Gasteiger partial charge in [0.25, 0.3) is 0 Å². The first kappa shape index (κ1) is 23.4. The average Bonchev–Trinajstić information content (AvgIpc) is 3.68. The Morgan fingerprint density at radius 2 is 1.67 bits per heavy atom. The second-order valence-electron chi connectivity index (χ2n) is 8.73. The van der Waals surface area contributed by atoms with Crippen LogP contribution in [0.25, 0.3) is 16.6 Å². The number of hydrogen-bond acceptors (Lipinski definition) is 5. The lowest BCUT2D eigenvalue weighted by molar-refractivity contribution is -0.117. The summed E-state index contributed by atoms with van der Waals surface area (Å²) in [5, 5.41) is 3.45. The van der Waals surface area contributed by atoms with Crippen molar-refractivity contribution in [1.82, 2.24) is 4.57 Å². The molecule has 36 heavy (non-hydrogen) atoms. The van der Waals surface area contributed by atoms with E-state index in [-0.39, 0.29) is 29.7 Å². The highest BCUT2D eigenvalue weighted by molar-refractivity contribution is 6.07. The molecule has 5 rings (SSSR count). The van der Waals surface area contributed by atoms with Crippen molar-refractivity contribution in [3.8, 4) is 11.4 Å². The predicted octanol–water partition coefficient (Wildman–Crippen LogP) is 5.68. The Labute approximate surface area is 208 Å². The molecule has 3 aromatic carbocycles. The van der Waals surface area contributed by atoms with E-state index in [0.717, 1.165) is 29.7 Å². The molecule has 0 saturated heterocycles. The van der Waals surface area contributed by atoms with E-state index >= 15 is 0 Å². The molecule has 7 heteroatoms. The van der Waals surface area contributed by atoms with Crippen LogP contribution in [0.1, 0.15) is 46.2 Å². The van der Waals surface area contributed by atoms with Gasteiger partial charge in [-0.2, -0.15) is 0 Å². The van der Waals surface area contributed by atoms with Gasteiger partial charge in [-0.05, 0) is 69.2 Å². The van der Waals surface area contributed by atoms with E-state index in [0.29, 0.717) is 16.6 Å². The van der Waals surface area contributed by atoms with Gasteiger partial charge >= 0.3 is 11.9 Å². The quantitative estimate of drug-likeness (QED) is 0.270. The van der Waals surface area contributed by atoms with Gasteiger partial charge in [0.15, 0.2) is 0 Å². The molecule has 1 fully saturated rings. The first-order valence-electron chi connectivity index (χ1n) is 12.0. The third-order valence-electron chi connectivity index (χ3n) is 6.23. The predicted molar refractivity (Wildman–Crippen MR) is 137 cm³/mol. The van der Waals surface area contributed by atoms with E-state index in [2.05, 4.69) is 5.32 Å². The first-order chi connectivity index (χ1) is 17.5. The summed E-state index contributed by atoms with van der Waals surface area (Å²) in [6, 6.07) is 21.7. The highest BCUT2D eigenvalue weighted by Crippen LogP contribution is 2.34. The molecule has 0 bridgehead atoms. The average molecular weight is 483 g/mol. The van der Waals surface area contributed by atoms with E-state index in [1.165, 1.54) is 0 Å². The molecule has 0 unspecified atom stereocenters. The second kappa shape index (κ2) is 9.70. The van der Waals surface area contributed by atoms with E-state index < -0.39 is 11.9 Å². The fourth-order valence-electron chi connectivity index (χ4n) is 4.34. The fourth-order valence-corrected chi connectivity index (χ4v) is 4.34. The zero-order valence-corrected chi connectivity index (χ0v) is 20.1. The van der Waals surface area contributed by atoms with Crippen molar-refractivity contribution in [2.75, 3.05) is 11.9 Å². The second-order valence-corrected chi connectivity index (χ2v) is 8.73. The minimum Gasteiger partial charge on any atom is -0.462 e. The Hall–Kier alpha value is -4.39. The number of carbonyl (C=O) groups excluding carboxylic acids is 3. The Kier molecular flexibility index (Phi) is 6.29. The number of nitrogens with zero attached hydrogens (tertiary/aromatic N) is 1. The molecule has 182 valence electrons. The van der Waals surface area contributed by atoms with Crippen molar-refractivity contribution in [3.63, 3.8) is 0 Å². The standard InChI is InChI=1S/C29H26N2O5/c1-3-35-29(34)26-18(2)31(20-9-5-4-6-10-20)25-16-15-21(17-23(25)26)36-28(33)22-11-7-8-12-24(22)30-27(32)19-13-14-19/h4-12,15-17,19H,3,13-14H2,1-2H3,(H,30,32). The summed E-state index contributed by atoms with van der Waals surface area (Å²) in [4.78, 5) is 38.2. The highest BCUT2D eigenvalue weighted by Gasteiger charge is 2.30. The number of hydrogen-bond donors (Lipinski definition) is 1. The normalized spacial score (nSPS) is 12.8. The van der Waals surface area contributed by atoms with Crippen LogP contribution in [0.4, 0.5) is 5.69 Å². The van der Waals surface area contributed by atoms with Crippen LogP contribution in [0.15, 0.2) is 72.8 Å². The minimum absolute atomic E-state index is 0.00896. The van der Waals surface area contributed by atoms with Gasteiger partial charge in [-0.3, -0.25) is 4.79 Å². The maximum Gasteiger partial charge on any atom is 0.345 e. The van der Waals surface area contributed by atoms with Crippen LogP contribution in [0.2, 0.25) is 0 Å². The molecule has 1 aromatic heterocycles. The van der Waals surface area contributed by atoms with Crippen LogP contribution >= 0.6 is 0 Å². The van der Waals surface area contributed by atoms with Crippen LogP contribution in [0.3, 0.4) is 0 Å². The van der Waals surface area contributed by atoms with E-state index in [1.54, 1.807) is 43.3 Å². The Balaban J connectivity index is 1.51. The summed E-state index contributed by atoms with van der Waals surface area (Å²) in [5.74, 6) is -0.834. The third kappa shape index (κ3) is 4.47. The topological polar surface area (TPSA) is 86.6 Å². The number of carbonyl (C=O) groups is 3.